The fourth-order valence-electron chi connectivity index (χ4n) is 4.81. The Morgan fingerprint density at radius 2 is 1.88 bits per heavy atom. The smallest absolute Gasteiger partial charge is 0.0421 e. The molecular formula is C24H33NSi. The zero-order valence-corrected chi connectivity index (χ0v) is 18.8. The first kappa shape index (κ1) is 19.1. The van der Waals surface area contributed by atoms with E-state index in [9.17, 15) is 0 Å². The molecule has 1 aromatic carbocycles. The van der Waals surface area contributed by atoms with E-state index in [1.54, 1.807) is 5.20 Å². The Labute approximate surface area is 162 Å². The average Bonchev–Trinajstić information content (AvgIpc) is 2.89. The number of hydrogen-bond acceptors (Lipinski definition) is 1. The summed E-state index contributed by atoms with van der Waals surface area (Å²) in [6, 6.07) is 9.41. The lowest BCUT2D eigenvalue weighted by Crippen LogP contribution is -2.28. The molecule has 138 valence electrons. The molecule has 2 aliphatic rings. The highest BCUT2D eigenvalue weighted by Crippen LogP contribution is 2.49. The average molecular weight is 364 g/mol. The van der Waals surface area contributed by atoms with Crippen molar-refractivity contribution < 1.29 is 0 Å². The van der Waals surface area contributed by atoms with Crippen molar-refractivity contribution in [1.82, 2.24) is 0 Å². The van der Waals surface area contributed by atoms with Crippen molar-refractivity contribution in [3.63, 3.8) is 0 Å². The van der Waals surface area contributed by atoms with Gasteiger partial charge < -0.3 is 5.73 Å². The number of benzene rings is 1. The Morgan fingerprint density at radius 1 is 1.15 bits per heavy atom. The van der Waals surface area contributed by atoms with E-state index in [2.05, 4.69) is 69.3 Å². The van der Waals surface area contributed by atoms with Gasteiger partial charge in [0.05, 0.1) is 0 Å². The molecule has 1 nitrogen and oxygen atoms in total. The summed E-state index contributed by atoms with van der Waals surface area (Å²) in [5.74, 6) is 0.455. The molecule has 2 unspecified atom stereocenters. The summed E-state index contributed by atoms with van der Waals surface area (Å²) in [7, 11) is 1.09. The van der Waals surface area contributed by atoms with E-state index in [4.69, 9.17) is 5.73 Å². The SMILES string of the molecule is CCCCc1ccc(C2(C3=C(C)C(CN)C([SiH3])=C3C)C=CC=CC2)cc1. The summed E-state index contributed by atoms with van der Waals surface area (Å²) >= 11 is 0. The molecule has 0 bridgehead atoms. The second-order valence-electron chi connectivity index (χ2n) is 7.92. The van der Waals surface area contributed by atoms with Crippen LogP contribution in [0.5, 0.6) is 0 Å². The Morgan fingerprint density at radius 3 is 2.42 bits per heavy atom. The van der Waals surface area contributed by atoms with E-state index in [0.29, 0.717) is 5.92 Å². The topological polar surface area (TPSA) is 26.0 Å². The third kappa shape index (κ3) is 3.21. The van der Waals surface area contributed by atoms with Crippen LogP contribution in [0.15, 0.2) is 70.5 Å². The number of rotatable bonds is 6. The highest BCUT2D eigenvalue weighted by atomic mass is 28.1. The minimum atomic E-state index is -0.0359. The van der Waals surface area contributed by atoms with Gasteiger partial charge in [0.15, 0.2) is 0 Å². The standard InChI is InChI=1S/C24H33NSi/c1-4-5-9-19-10-12-20(13-11-19)24(14-7-6-8-15-24)22-17(2)21(16-25)23(26)18(22)3/h6-8,10-14,21H,4-5,9,15-16,25H2,1-3,26H3. The van der Waals surface area contributed by atoms with Crippen LogP contribution in [0, 0.1) is 5.92 Å². The van der Waals surface area contributed by atoms with Crippen molar-refractivity contribution in [2.24, 2.45) is 11.7 Å². The fraction of sp³-hybridized carbons (Fsp3) is 0.417. The number of aryl methyl sites for hydroxylation is 1. The molecule has 0 aliphatic heterocycles. The lowest BCUT2D eigenvalue weighted by Gasteiger charge is -2.36. The highest BCUT2D eigenvalue weighted by Gasteiger charge is 2.40. The van der Waals surface area contributed by atoms with Crippen molar-refractivity contribution in [3.8, 4) is 0 Å². The zero-order valence-electron chi connectivity index (χ0n) is 16.8. The molecule has 0 heterocycles. The first-order valence-corrected chi connectivity index (χ1v) is 11.1. The molecule has 0 spiro atoms. The maximum Gasteiger partial charge on any atom is 0.0421 e. The molecule has 0 radical (unpaired) electrons. The van der Waals surface area contributed by atoms with Crippen LogP contribution in [0.25, 0.3) is 0 Å². The van der Waals surface area contributed by atoms with Crippen LogP contribution < -0.4 is 5.73 Å². The van der Waals surface area contributed by atoms with Gasteiger partial charge in [0.2, 0.25) is 0 Å². The van der Waals surface area contributed by atoms with E-state index in [1.807, 2.05) is 0 Å². The molecule has 2 heteroatoms. The molecule has 26 heavy (non-hydrogen) atoms. The second-order valence-corrected chi connectivity index (χ2v) is 8.99. The summed E-state index contributed by atoms with van der Waals surface area (Å²) in [4.78, 5) is 0. The second kappa shape index (κ2) is 7.94. The molecule has 0 amide bonds. The molecule has 3 rings (SSSR count). The van der Waals surface area contributed by atoms with Crippen LogP contribution in [0.3, 0.4) is 0 Å². The molecule has 2 aliphatic carbocycles. The number of hydrogen-bond donors (Lipinski definition) is 1. The lowest BCUT2D eigenvalue weighted by molar-refractivity contribution is 0.626. The van der Waals surface area contributed by atoms with Crippen molar-refractivity contribution in [2.45, 2.75) is 51.9 Å². The van der Waals surface area contributed by atoms with Crippen LogP contribution in [0.4, 0.5) is 0 Å². The minimum absolute atomic E-state index is 0.0359. The first-order chi connectivity index (χ1) is 12.5. The first-order valence-electron chi connectivity index (χ1n) is 10.1. The molecule has 0 aromatic heterocycles. The van der Waals surface area contributed by atoms with Gasteiger partial charge in [-0.25, -0.2) is 0 Å². The van der Waals surface area contributed by atoms with Crippen molar-refractivity contribution >= 4 is 10.2 Å². The van der Waals surface area contributed by atoms with Gasteiger partial charge in [0.1, 0.15) is 0 Å². The van der Waals surface area contributed by atoms with E-state index < -0.39 is 0 Å². The van der Waals surface area contributed by atoms with Crippen molar-refractivity contribution in [2.75, 3.05) is 6.54 Å². The van der Waals surface area contributed by atoms with Gasteiger partial charge in [0, 0.05) is 28.1 Å². The van der Waals surface area contributed by atoms with Crippen LogP contribution in [0.1, 0.15) is 51.2 Å². The summed E-state index contributed by atoms with van der Waals surface area (Å²) < 4.78 is 0. The Kier molecular flexibility index (Phi) is 5.84. The maximum absolute atomic E-state index is 6.14. The summed E-state index contributed by atoms with van der Waals surface area (Å²) in [6.07, 6.45) is 13.9. The summed E-state index contributed by atoms with van der Waals surface area (Å²) in [5, 5.41) is 1.59. The van der Waals surface area contributed by atoms with Crippen LogP contribution >= 0.6 is 0 Å². The minimum Gasteiger partial charge on any atom is -0.330 e. The summed E-state index contributed by atoms with van der Waals surface area (Å²) in [6.45, 7) is 7.62. The van der Waals surface area contributed by atoms with Gasteiger partial charge in [-0.15, -0.1) is 0 Å². The molecule has 1 aromatic rings. The number of allylic oxidation sites excluding steroid dienone is 6. The maximum atomic E-state index is 6.14. The van der Waals surface area contributed by atoms with Gasteiger partial charge in [-0.3, -0.25) is 0 Å². The van der Waals surface area contributed by atoms with Gasteiger partial charge in [-0.2, -0.15) is 0 Å². The van der Waals surface area contributed by atoms with E-state index >= 15 is 0 Å². The monoisotopic (exact) mass is 363 g/mol. The van der Waals surface area contributed by atoms with Gasteiger partial charge >= 0.3 is 0 Å². The number of nitrogens with two attached hydrogens (primary N) is 1. The highest BCUT2D eigenvalue weighted by molar-refractivity contribution is 6.23. The number of unbranched alkanes of at least 4 members (excludes halogenated alkanes) is 1. The van der Waals surface area contributed by atoms with Gasteiger partial charge in [0.25, 0.3) is 0 Å². The van der Waals surface area contributed by atoms with Gasteiger partial charge in [-0.1, -0.05) is 78.3 Å². The predicted molar refractivity (Wildman–Crippen MR) is 118 cm³/mol. The van der Waals surface area contributed by atoms with Crippen LogP contribution in [0.2, 0.25) is 0 Å². The zero-order chi connectivity index (χ0) is 18.7. The molecule has 0 fully saturated rings. The van der Waals surface area contributed by atoms with E-state index in [0.717, 1.165) is 23.2 Å². The predicted octanol–water partition coefficient (Wildman–Crippen LogP) is 4.33. The third-order valence-electron chi connectivity index (χ3n) is 6.44. The fourth-order valence-corrected chi connectivity index (χ4v) is 5.73. The largest absolute Gasteiger partial charge is 0.330 e. The van der Waals surface area contributed by atoms with Crippen molar-refractivity contribution in [3.05, 3.63) is 81.6 Å². The Bertz CT molecular complexity index is 779. The third-order valence-corrected chi connectivity index (χ3v) is 7.89. The van der Waals surface area contributed by atoms with Crippen molar-refractivity contribution in [1.29, 1.82) is 0 Å². The lowest BCUT2D eigenvalue weighted by atomic mass is 9.67. The molecule has 0 saturated heterocycles. The van der Waals surface area contributed by atoms with Crippen LogP contribution in [-0.4, -0.2) is 16.8 Å². The van der Waals surface area contributed by atoms with E-state index in [-0.39, 0.29) is 5.41 Å². The molecule has 0 saturated carbocycles. The summed E-state index contributed by atoms with van der Waals surface area (Å²) in [5.41, 5.74) is 13.5. The normalized spacial score (nSPS) is 25.6. The molecular weight excluding hydrogens is 330 g/mol. The molecule has 2 atom stereocenters. The van der Waals surface area contributed by atoms with Crippen LogP contribution in [-0.2, 0) is 11.8 Å². The van der Waals surface area contributed by atoms with E-state index in [1.165, 1.54) is 47.1 Å². The quantitative estimate of drug-likeness (QED) is 0.748. The Balaban J connectivity index is 2.08. The van der Waals surface area contributed by atoms with Gasteiger partial charge in [-0.05, 0) is 49.8 Å². The molecule has 2 N–H and O–H groups in total. The Hall–Kier alpha value is -1.64.